The van der Waals surface area contributed by atoms with E-state index in [2.05, 4.69) is 11.2 Å². The van der Waals surface area contributed by atoms with Crippen LogP contribution in [0.3, 0.4) is 0 Å². The first-order valence-electron chi connectivity index (χ1n) is 32.4. The number of hydrogen-bond acceptors (Lipinski definition) is 7. The number of rotatable bonds is 19. The molecular formula is C90H74O11Rh2. The predicted octanol–water partition coefficient (Wildman–Crippen LogP) is 17.7. The van der Waals surface area contributed by atoms with Gasteiger partial charge in [0.2, 0.25) is 0 Å². The van der Waals surface area contributed by atoms with Crippen molar-refractivity contribution in [3.63, 3.8) is 0 Å². The Kier molecular flexibility index (Phi) is 29.6. The number of carbonyl (C=O) groups excluding carboxylic acids is 1. The summed E-state index contributed by atoms with van der Waals surface area (Å²) < 4.78 is 9.39. The number of hydrogen-bond donors (Lipinski definition) is 4. The number of methoxy groups -OCH3 is 2. The van der Waals surface area contributed by atoms with E-state index in [0.717, 1.165) is 72.5 Å². The van der Waals surface area contributed by atoms with Gasteiger partial charge in [-0.05, 0) is 84.5 Å². The molecule has 13 aromatic carbocycles. The standard InChI is InChI=1S/4C20H16O2.C10H10O3.2Rh/c4*21-19(22)20(16-10-4-1-5-11-16,17-12-6-2-7-13-17)18-14-8-3-9-15-18;1-12-9-5-3-8(4-6-9)7-10(11)13-2;;/h4*1-15H,(H,21,22);3-6H,1-2H3;;. The largest absolute Gasteiger partial charge is 0.497 e. The second-order valence-electron chi connectivity index (χ2n) is 23.0. The van der Waals surface area contributed by atoms with Gasteiger partial charge in [-0.2, -0.15) is 0 Å². The summed E-state index contributed by atoms with van der Waals surface area (Å²) in [5.74, 6) is -3.25. The first kappa shape index (κ1) is 78.6. The maximum Gasteiger partial charge on any atom is 0.323 e. The third-order valence-corrected chi connectivity index (χ3v) is 17.3. The fourth-order valence-corrected chi connectivity index (χ4v) is 12.6. The van der Waals surface area contributed by atoms with Crippen molar-refractivity contribution < 1.29 is 92.8 Å². The molecule has 13 rings (SSSR count). The molecule has 13 aromatic rings. The SMILES string of the molecule is COC(=O)[C]c1ccc(OC)cc1.O=C(O)C(c1ccccc1)(c1ccccc1)c1ccccc1.O=C(O)C(c1ccccc1)(c1ccccc1)c1ccccc1.O=C(O)C(c1ccccc1)(c1ccccc1)c1ccccc1.O=C(O)C(c1ccccc1)(c1ccccc1)c1ccccc1.[Rh].[Rh]. The van der Waals surface area contributed by atoms with Crippen LogP contribution in [0.15, 0.2) is 388 Å². The average molecular weight is 1540 g/mol. The van der Waals surface area contributed by atoms with E-state index >= 15 is 0 Å². The number of esters is 1. The van der Waals surface area contributed by atoms with Gasteiger partial charge in [-0.1, -0.05) is 376 Å². The molecule has 0 amide bonds. The molecule has 0 bridgehead atoms. The van der Waals surface area contributed by atoms with E-state index in [-0.39, 0.29) is 39.0 Å². The van der Waals surface area contributed by atoms with Gasteiger partial charge in [0.15, 0.2) is 0 Å². The molecule has 0 spiro atoms. The monoisotopic (exact) mass is 1540 g/mol. The van der Waals surface area contributed by atoms with Crippen molar-refractivity contribution in [1.82, 2.24) is 0 Å². The third-order valence-electron chi connectivity index (χ3n) is 17.3. The van der Waals surface area contributed by atoms with Crippen LogP contribution in [-0.2, 0) is 89.3 Å². The van der Waals surface area contributed by atoms with Crippen LogP contribution in [0.2, 0.25) is 0 Å². The van der Waals surface area contributed by atoms with Crippen molar-refractivity contribution in [2.45, 2.75) is 21.7 Å². The maximum atomic E-state index is 12.4. The van der Waals surface area contributed by atoms with Crippen molar-refractivity contribution in [2.75, 3.05) is 14.2 Å². The Balaban J connectivity index is 0.000000181. The number of aliphatic carboxylic acids is 4. The van der Waals surface area contributed by atoms with Crippen molar-refractivity contribution in [3.05, 3.63) is 467 Å². The number of carboxylic acids is 4. The van der Waals surface area contributed by atoms with Gasteiger partial charge in [0.05, 0.1) is 14.2 Å². The number of benzene rings is 13. The summed E-state index contributed by atoms with van der Waals surface area (Å²) in [6.45, 7) is 0. The first-order chi connectivity index (χ1) is 49.3. The molecule has 518 valence electrons. The average Bonchev–Trinajstić information content (AvgIpc) is 0.773. The smallest absolute Gasteiger partial charge is 0.323 e. The molecule has 0 heterocycles. The molecular weight excluding hydrogens is 1460 g/mol. The molecule has 0 aliphatic heterocycles. The van der Waals surface area contributed by atoms with Crippen molar-refractivity contribution in [2.24, 2.45) is 0 Å². The molecule has 0 saturated heterocycles. The Hall–Kier alpha value is -11.7. The van der Waals surface area contributed by atoms with E-state index in [9.17, 15) is 44.4 Å². The number of carboxylic acid groups (broad SMARTS) is 4. The van der Waals surface area contributed by atoms with Gasteiger partial charge in [0.1, 0.15) is 33.8 Å². The Morgan fingerprint density at radius 3 is 0.476 bits per heavy atom. The molecule has 0 unspecified atom stereocenters. The molecule has 4 N–H and O–H groups in total. The van der Waals surface area contributed by atoms with Gasteiger partial charge >= 0.3 is 29.8 Å². The fourth-order valence-electron chi connectivity index (χ4n) is 12.6. The summed E-state index contributed by atoms with van der Waals surface area (Å²) in [5.41, 5.74) is 4.85. The number of carbonyl (C=O) groups is 5. The number of ether oxygens (including phenoxy) is 2. The zero-order valence-corrected chi connectivity index (χ0v) is 59.5. The van der Waals surface area contributed by atoms with Crippen LogP contribution in [0, 0.1) is 6.42 Å². The third kappa shape index (κ3) is 17.9. The summed E-state index contributed by atoms with van der Waals surface area (Å²) in [6, 6.07) is 120. The summed E-state index contributed by atoms with van der Waals surface area (Å²) in [7, 11) is 2.90. The molecule has 103 heavy (non-hydrogen) atoms. The van der Waals surface area contributed by atoms with E-state index in [1.54, 1.807) is 31.4 Å². The fraction of sp³-hybridized carbons (Fsp3) is 0.0667. The normalized spacial score (nSPS) is 10.7. The van der Waals surface area contributed by atoms with Crippen LogP contribution in [-0.4, -0.2) is 64.5 Å². The molecule has 0 aliphatic rings. The molecule has 0 aliphatic carbocycles. The minimum atomic E-state index is -1.20. The molecule has 11 nitrogen and oxygen atoms in total. The minimum absolute atomic E-state index is 0. The Morgan fingerprint density at radius 2 is 0.369 bits per heavy atom. The van der Waals surface area contributed by atoms with Crippen LogP contribution in [0.25, 0.3) is 0 Å². The van der Waals surface area contributed by atoms with Gasteiger partial charge in [0.25, 0.3) is 0 Å². The van der Waals surface area contributed by atoms with E-state index < -0.39 is 51.5 Å². The predicted molar refractivity (Wildman–Crippen MR) is 395 cm³/mol. The van der Waals surface area contributed by atoms with E-state index in [1.165, 1.54) is 7.11 Å². The van der Waals surface area contributed by atoms with Gasteiger partial charge < -0.3 is 29.9 Å². The summed E-state index contributed by atoms with van der Waals surface area (Å²) in [5, 5.41) is 40.7. The van der Waals surface area contributed by atoms with Gasteiger partial charge in [-0.25, -0.2) is 0 Å². The van der Waals surface area contributed by atoms with Crippen LogP contribution in [0.5, 0.6) is 5.75 Å². The Bertz CT molecular complexity index is 3740. The summed E-state index contributed by atoms with van der Waals surface area (Å²) in [6.07, 6.45) is 2.53. The topological polar surface area (TPSA) is 185 Å². The van der Waals surface area contributed by atoms with E-state index in [0.29, 0.717) is 5.56 Å². The molecule has 4 radical (unpaired) electrons. The first-order valence-corrected chi connectivity index (χ1v) is 32.4. The van der Waals surface area contributed by atoms with Crippen molar-refractivity contribution in [1.29, 1.82) is 0 Å². The second kappa shape index (κ2) is 38.7. The van der Waals surface area contributed by atoms with Crippen LogP contribution >= 0.6 is 0 Å². The summed E-state index contributed by atoms with van der Waals surface area (Å²) >= 11 is 0. The van der Waals surface area contributed by atoms with Gasteiger partial charge in [0, 0.05) is 39.0 Å². The van der Waals surface area contributed by atoms with Gasteiger partial charge in [-0.15, -0.1) is 0 Å². The summed E-state index contributed by atoms with van der Waals surface area (Å²) in [4.78, 5) is 60.5. The van der Waals surface area contributed by atoms with Crippen LogP contribution < -0.4 is 4.74 Å². The second-order valence-corrected chi connectivity index (χ2v) is 23.0. The Labute approximate surface area is 626 Å². The zero-order chi connectivity index (χ0) is 71.3. The van der Waals surface area contributed by atoms with Crippen LogP contribution in [0.4, 0.5) is 0 Å². The maximum absolute atomic E-state index is 12.4. The van der Waals surface area contributed by atoms with Crippen molar-refractivity contribution >= 4 is 29.8 Å². The zero-order valence-electron chi connectivity index (χ0n) is 56.3. The quantitative estimate of drug-likeness (QED) is 0.0343. The van der Waals surface area contributed by atoms with Gasteiger partial charge in [-0.3, -0.25) is 24.0 Å². The molecule has 0 atom stereocenters. The molecule has 13 heteroatoms. The molecule has 0 fully saturated rings. The van der Waals surface area contributed by atoms with E-state index in [4.69, 9.17) is 4.74 Å². The van der Waals surface area contributed by atoms with Crippen LogP contribution in [0.1, 0.15) is 72.3 Å². The Morgan fingerprint density at radius 1 is 0.233 bits per heavy atom. The molecule has 0 aromatic heterocycles. The van der Waals surface area contributed by atoms with Crippen molar-refractivity contribution in [3.8, 4) is 5.75 Å². The minimum Gasteiger partial charge on any atom is -0.497 e. The molecule has 0 saturated carbocycles. The van der Waals surface area contributed by atoms with E-state index in [1.807, 2.05) is 364 Å².